The molecule has 1 aromatic rings. The Hall–Kier alpha value is -2.18. The minimum absolute atomic E-state index is 0.0144. The quantitative estimate of drug-likeness (QED) is 0.847. The van der Waals surface area contributed by atoms with E-state index in [1.54, 1.807) is 24.3 Å². The fourth-order valence-corrected chi connectivity index (χ4v) is 2.41. The number of alkyl carbamates (subject to hydrolysis) is 1. The fourth-order valence-electron chi connectivity index (χ4n) is 2.41. The van der Waals surface area contributed by atoms with Gasteiger partial charge in [-0.05, 0) is 17.9 Å². The fraction of sp³-hybridized carbons (Fsp3) is 0.467. The molecule has 5 nitrogen and oxygen atoms in total. The number of nitrogens with one attached hydrogen (secondary N) is 1. The molecule has 0 heterocycles. The van der Waals surface area contributed by atoms with Crippen LogP contribution in [0.5, 0.6) is 0 Å². The summed E-state index contributed by atoms with van der Waals surface area (Å²) in [7, 11) is 0. The van der Waals surface area contributed by atoms with Crippen molar-refractivity contribution in [3.05, 3.63) is 35.9 Å². The molecular weight excluding hydrogens is 296 g/mol. The van der Waals surface area contributed by atoms with E-state index in [1.165, 1.54) is 0 Å². The summed E-state index contributed by atoms with van der Waals surface area (Å²) < 4.78 is 30.4. The second kappa shape index (κ2) is 6.72. The van der Waals surface area contributed by atoms with E-state index in [9.17, 15) is 18.4 Å². The Bertz CT molecular complexity index is 528. The van der Waals surface area contributed by atoms with Crippen LogP contribution in [0.15, 0.2) is 30.3 Å². The number of amides is 1. The number of aliphatic carboxylic acids is 1. The summed E-state index contributed by atoms with van der Waals surface area (Å²) in [6, 6.07) is 7.69. The molecule has 120 valence electrons. The van der Waals surface area contributed by atoms with E-state index in [2.05, 4.69) is 5.32 Å². The number of halogens is 2. The number of carbonyl (C=O) groups excluding carboxylic acids is 1. The van der Waals surface area contributed by atoms with E-state index < -0.39 is 29.9 Å². The van der Waals surface area contributed by atoms with Crippen molar-refractivity contribution in [3.8, 4) is 0 Å². The molecule has 0 bridgehead atoms. The Balaban J connectivity index is 1.78. The first-order valence-corrected chi connectivity index (χ1v) is 6.93. The van der Waals surface area contributed by atoms with Crippen molar-refractivity contribution in [3.63, 3.8) is 0 Å². The summed E-state index contributed by atoms with van der Waals surface area (Å²) in [6.45, 7) is 0.0144. The van der Waals surface area contributed by atoms with E-state index in [1.807, 2.05) is 6.07 Å². The van der Waals surface area contributed by atoms with Gasteiger partial charge < -0.3 is 15.2 Å². The van der Waals surface area contributed by atoms with Crippen molar-refractivity contribution in [2.24, 2.45) is 5.92 Å². The maximum absolute atomic E-state index is 12.8. The maximum Gasteiger partial charge on any atom is 0.408 e. The molecule has 0 radical (unpaired) electrons. The lowest BCUT2D eigenvalue weighted by Crippen LogP contribution is -2.46. The molecule has 1 fully saturated rings. The third kappa shape index (κ3) is 4.68. The predicted octanol–water partition coefficient (Wildman–Crippen LogP) is 2.80. The minimum atomic E-state index is -2.71. The Morgan fingerprint density at radius 3 is 2.50 bits per heavy atom. The molecule has 1 unspecified atom stereocenters. The Labute approximate surface area is 126 Å². The highest BCUT2D eigenvalue weighted by Gasteiger charge is 2.46. The van der Waals surface area contributed by atoms with E-state index in [4.69, 9.17) is 9.84 Å². The number of ether oxygens (including phenoxy) is 1. The van der Waals surface area contributed by atoms with Gasteiger partial charge in [-0.15, -0.1) is 0 Å². The normalized spacial score (nSPS) is 18.1. The number of carboxylic acid groups (broad SMARTS) is 1. The van der Waals surface area contributed by atoms with Crippen LogP contribution in [0.4, 0.5) is 13.6 Å². The lowest BCUT2D eigenvalue weighted by molar-refractivity contribution is -0.143. The monoisotopic (exact) mass is 313 g/mol. The van der Waals surface area contributed by atoms with Crippen LogP contribution in [0, 0.1) is 5.92 Å². The molecule has 1 aromatic carbocycles. The average Bonchev–Trinajstić information content (AvgIpc) is 2.43. The van der Waals surface area contributed by atoms with E-state index in [0.29, 0.717) is 0 Å². The zero-order chi connectivity index (χ0) is 16.2. The number of hydrogen-bond donors (Lipinski definition) is 2. The third-order valence-corrected chi connectivity index (χ3v) is 3.55. The molecule has 1 atom stereocenters. The molecule has 1 amide bonds. The van der Waals surface area contributed by atoms with Crippen LogP contribution in [0.25, 0.3) is 0 Å². The van der Waals surface area contributed by atoms with Gasteiger partial charge in [-0.3, -0.25) is 0 Å². The van der Waals surface area contributed by atoms with Crippen LogP contribution in [0.2, 0.25) is 0 Å². The third-order valence-electron chi connectivity index (χ3n) is 3.55. The number of carboxylic acids is 1. The second-order valence-electron chi connectivity index (χ2n) is 5.46. The van der Waals surface area contributed by atoms with Gasteiger partial charge in [-0.1, -0.05) is 30.3 Å². The number of benzene rings is 1. The molecule has 22 heavy (non-hydrogen) atoms. The van der Waals surface area contributed by atoms with Gasteiger partial charge in [-0.2, -0.15) is 0 Å². The molecule has 1 aliphatic carbocycles. The van der Waals surface area contributed by atoms with Crippen molar-refractivity contribution in [2.75, 3.05) is 0 Å². The predicted molar refractivity (Wildman–Crippen MR) is 73.5 cm³/mol. The molecule has 0 saturated heterocycles. The Kier molecular flexibility index (Phi) is 4.95. The number of rotatable bonds is 6. The zero-order valence-corrected chi connectivity index (χ0v) is 11.8. The second-order valence-corrected chi connectivity index (χ2v) is 5.46. The van der Waals surface area contributed by atoms with Gasteiger partial charge >= 0.3 is 12.1 Å². The summed E-state index contributed by atoms with van der Waals surface area (Å²) in [5.41, 5.74) is 0.767. The lowest BCUT2D eigenvalue weighted by atomic mass is 9.77. The van der Waals surface area contributed by atoms with Crippen molar-refractivity contribution in [1.82, 2.24) is 5.32 Å². The van der Waals surface area contributed by atoms with Gasteiger partial charge in [0.15, 0.2) is 0 Å². The van der Waals surface area contributed by atoms with E-state index in [0.717, 1.165) is 5.56 Å². The molecule has 1 aliphatic rings. The number of alkyl halides is 2. The Morgan fingerprint density at radius 1 is 1.32 bits per heavy atom. The molecule has 2 rings (SSSR count). The molecule has 0 aromatic heterocycles. The van der Waals surface area contributed by atoms with Crippen LogP contribution in [0.3, 0.4) is 0 Å². The van der Waals surface area contributed by atoms with Crippen molar-refractivity contribution in [1.29, 1.82) is 0 Å². The Morgan fingerprint density at radius 2 is 1.95 bits per heavy atom. The van der Waals surface area contributed by atoms with Crippen molar-refractivity contribution >= 4 is 12.1 Å². The summed E-state index contributed by atoms with van der Waals surface area (Å²) in [4.78, 5) is 22.7. The molecule has 7 heteroatoms. The molecule has 1 saturated carbocycles. The highest BCUT2D eigenvalue weighted by atomic mass is 19.3. The molecular formula is C15H17F2NO4. The lowest BCUT2D eigenvalue weighted by Gasteiger charge is -2.36. The molecule has 0 spiro atoms. The van der Waals surface area contributed by atoms with Crippen LogP contribution >= 0.6 is 0 Å². The maximum atomic E-state index is 12.8. The highest BCUT2D eigenvalue weighted by Crippen LogP contribution is 2.44. The summed E-state index contributed by atoms with van der Waals surface area (Å²) in [5, 5.41) is 11.3. The smallest absolute Gasteiger partial charge is 0.408 e. The van der Waals surface area contributed by atoms with Crippen molar-refractivity contribution in [2.45, 2.75) is 37.8 Å². The SMILES string of the molecule is O=C(NC(CC1CC(F)(F)C1)C(=O)O)OCc1ccccc1. The molecule has 0 aliphatic heterocycles. The van der Waals surface area contributed by atoms with Gasteiger partial charge in [0.2, 0.25) is 5.92 Å². The summed E-state index contributed by atoms with van der Waals surface area (Å²) >= 11 is 0. The first-order valence-electron chi connectivity index (χ1n) is 6.93. The van der Waals surface area contributed by atoms with Crippen LogP contribution in [-0.2, 0) is 16.1 Å². The van der Waals surface area contributed by atoms with Gasteiger partial charge in [0.1, 0.15) is 12.6 Å². The summed E-state index contributed by atoms with van der Waals surface area (Å²) in [5.74, 6) is -4.36. The minimum Gasteiger partial charge on any atom is -0.480 e. The zero-order valence-electron chi connectivity index (χ0n) is 11.8. The summed E-state index contributed by atoms with van der Waals surface area (Å²) in [6.07, 6.45) is -1.57. The standard InChI is InChI=1S/C15H17F2NO4/c16-15(17)7-11(8-15)6-12(13(19)20)18-14(21)22-9-10-4-2-1-3-5-10/h1-5,11-12H,6-9H2,(H,18,21)(H,19,20). The highest BCUT2D eigenvalue weighted by molar-refractivity contribution is 5.79. The van der Waals surface area contributed by atoms with Gasteiger partial charge in [0.25, 0.3) is 0 Å². The van der Waals surface area contributed by atoms with Gasteiger partial charge in [0, 0.05) is 12.8 Å². The van der Waals surface area contributed by atoms with Crippen molar-refractivity contribution < 1.29 is 28.2 Å². The number of hydrogen-bond acceptors (Lipinski definition) is 3. The van der Waals surface area contributed by atoms with Crippen LogP contribution in [0.1, 0.15) is 24.8 Å². The largest absolute Gasteiger partial charge is 0.480 e. The first-order chi connectivity index (χ1) is 10.4. The van der Waals surface area contributed by atoms with Gasteiger partial charge in [0.05, 0.1) is 0 Å². The van der Waals surface area contributed by atoms with E-state index in [-0.39, 0.29) is 25.9 Å². The molecule has 2 N–H and O–H groups in total. The average molecular weight is 313 g/mol. The van der Waals surface area contributed by atoms with Crippen LogP contribution < -0.4 is 5.32 Å². The topological polar surface area (TPSA) is 75.6 Å². The van der Waals surface area contributed by atoms with Gasteiger partial charge in [-0.25, -0.2) is 18.4 Å². The number of carbonyl (C=O) groups is 2. The van der Waals surface area contributed by atoms with E-state index >= 15 is 0 Å². The van der Waals surface area contributed by atoms with Crippen LogP contribution in [-0.4, -0.2) is 29.1 Å². The first kappa shape index (κ1) is 16.2.